The molecule has 0 saturated carbocycles. The van der Waals surface area contributed by atoms with E-state index in [1.165, 1.54) is 6.92 Å². The van der Waals surface area contributed by atoms with Crippen LogP contribution in [0.15, 0.2) is 4.99 Å². The third-order valence-corrected chi connectivity index (χ3v) is 5.52. The monoisotopic (exact) mass is 500 g/mol. The Hall–Kier alpha value is -3.46. The maximum atomic E-state index is 13.1. The molecule has 35 heavy (non-hydrogen) atoms. The Kier molecular flexibility index (Phi) is 11.9. The van der Waals surface area contributed by atoms with Crippen molar-refractivity contribution in [3.8, 4) is 0 Å². The van der Waals surface area contributed by atoms with Gasteiger partial charge in [-0.05, 0) is 39.0 Å². The molecular formula is C20H36N8O7. The van der Waals surface area contributed by atoms with Crippen molar-refractivity contribution < 1.29 is 34.2 Å². The molecule has 198 valence electrons. The Morgan fingerprint density at radius 3 is 2.23 bits per heavy atom. The quantitative estimate of drug-likeness (QED) is 0.0651. The van der Waals surface area contributed by atoms with Gasteiger partial charge in [0, 0.05) is 19.5 Å². The van der Waals surface area contributed by atoms with Gasteiger partial charge in [0.2, 0.25) is 23.6 Å². The van der Waals surface area contributed by atoms with Gasteiger partial charge in [-0.2, -0.15) is 0 Å². The van der Waals surface area contributed by atoms with Gasteiger partial charge in [0.05, 0.1) is 6.10 Å². The summed E-state index contributed by atoms with van der Waals surface area (Å²) in [6.07, 6.45) is -0.528. The fourth-order valence-electron chi connectivity index (χ4n) is 3.56. The Balaban J connectivity index is 3.06. The Bertz CT molecular complexity index is 815. The van der Waals surface area contributed by atoms with Crippen molar-refractivity contribution in [1.82, 2.24) is 15.5 Å². The highest BCUT2D eigenvalue weighted by atomic mass is 16.4. The van der Waals surface area contributed by atoms with Crippen LogP contribution >= 0.6 is 0 Å². The summed E-state index contributed by atoms with van der Waals surface area (Å²) in [5.74, 6) is -4.27. The largest absolute Gasteiger partial charge is 0.480 e. The second-order valence-corrected chi connectivity index (χ2v) is 8.37. The van der Waals surface area contributed by atoms with E-state index in [0.717, 1.165) is 4.90 Å². The maximum Gasteiger partial charge on any atom is 0.326 e. The molecule has 0 aromatic heterocycles. The number of likely N-dealkylation sites (tertiary alicyclic amines) is 1. The number of aliphatic hydroxyl groups excluding tert-OH is 1. The first kappa shape index (κ1) is 29.6. The van der Waals surface area contributed by atoms with Gasteiger partial charge in [0.15, 0.2) is 5.96 Å². The fourth-order valence-corrected chi connectivity index (χ4v) is 3.56. The van der Waals surface area contributed by atoms with Crippen molar-refractivity contribution in [1.29, 1.82) is 0 Å². The Morgan fingerprint density at radius 2 is 1.69 bits per heavy atom. The average molecular weight is 501 g/mol. The zero-order valence-electron chi connectivity index (χ0n) is 19.7. The standard InChI is InChI=1S/C20H36N8O7/c1-10(29)15(22)17(32)26-11(4-2-8-25-20(23)24)16(31)27-12(6-7-14(21)30)18(33)28-9-3-5-13(28)19(34)35/h10-13,15,29H,2-9,22H2,1H3,(H2,21,30)(H,26,32)(H,27,31)(H,34,35)(H4,23,24,25). The lowest BCUT2D eigenvalue weighted by molar-refractivity contribution is -0.149. The number of carboxylic acids is 1. The van der Waals surface area contributed by atoms with Crippen LogP contribution < -0.4 is 33.6 Å². The van der Waals surface area contributed by atoms with Gasteiger partial charge in [-0.3, -0.25) is 24.2 Å². The molecule has 0 bridgehead atoms. The summed E-state index contributed by atoms with van der Waals surface area (Å²) in [6, 6.07) is -4.79. The molecule has 1 fully saturated rings. The molecular weight excluding hydrogens is 464 g/mol. The van der Waals surface area contributed by atoms with Crippen LogP contribution in [0.3, 0.4) is 0 Å². The number of hydrogen-bond acceptors (Lipinski definition) is 8. The minimum atomic E-state index is -1.31. The first-order chi connectivity index (χ1) is 16.3. The second kappa shape index (κ2) is 14.1. The van der Waals surface area contributed by atoms with Crippen molar-refractivity contribution in [2.45, 2.75) is 75.7 Å². The number of guanidine groups is 1. The van der Waals surface area contributed by atoms with Gasteiger partial charge in [-0.1, -0.05) is 0 Å². The number of hydrogen-bond donors (Lipinski definition) is 8. The Labute approximate surface area is 202 Å². The highest BCUT2D eigenvalue weighted by Crippen LogP contribution is 2.19. The van der Waals surface area contributed by atoms with Gasteiger partial charge < -0.3 is 48.7 Å². The van der Waals surface area contributed by atoms with E-state index >= 15 is 0 Å². The van der Waals surface area contributed by atoms with Crippen LogP contribution in [0, 0.1) is 0 Å². The summed E-state index contributed by atoms with van der Waals surface area (Å²) < 4.78 is 0. The number of aliphatic imine (C=N–C) groups is 1. The lowest BCUT2D eigenvalue weighted by Gasteiger charge is -2.29. The van der Waals surface area contributed by atoms with Crippen LogP contribution in [0.4, 0.5) is 0 Å². The Morgan fingerprint density at radius 1 is 1.06 bits per heavy atom. The molecule has 0 aliphatic carbocycles. The van der Waals surface area contributed by atoms with Crippen molar-refractivity contribution in [2.24, 2.45) is 27.9 Å². The predicted octanol–water partition coefficient (Wildman–Crippen LogP) is -3.94. The van der Waals surface area contributed by atoms with E-state index in [1.807, 2.05) is 0 Å². The molecule has 0 radical (unpaired) electrons. The molecule has 12 N–H and O–H groups in total. The molecule has 0 aromatic carbocycles. The molecule has 1 heterocycles. The van der Waals surface area contributed by atoms with Crippen LogP contribution in [0.2, 0.25) is 0 Å². The van der Waals surface area contributed by atoms with Gasteiger partial charge in [0.1, 0.15) is 24.2 Å². The van der Waals surface area contributed by atoms with Crippen LogP contribution in [-0.2, 0) is 24.0 Å². The number of nitrogens with two attached hydrogens (primary N) is 4. The van der Waals surface area contributed by atoms with E-state index in [9.17, 15) is 34.2 Å². The molecule has 4 amide bonds. The normalized spacial score (nSPS) is 18.6. The fraction of sp³-hybridized carbons (Fsp3) is 0.700. The summed E-state index contributed by atoms with van der Waals surface area (Å²) in [7, 11) is 0. The number of aliphatic hydroxyl groups is 1. The lowest BCUT2D eigenvalue weighted by atomic mass is 10.1. The summed E-state index contributed by atoms with van der Waals surface area (Å²) >= 11 is 0. The van der Waals surface area contributed by atoms with Crippen LogP contribution in [0.1, 0.15) is 45.4 Å². The van der Waals surface area contributed by atoms with Crippen molar-refractivity contribution >= 4 is 35.6 Å². The number of carbonyl (C=O) groups is 5. The van der Waals surface area contributed by atoms with Crippen molar-refractivity contribution in [2.75, 3.05) is 13.1 Å². The van der Waals surface area contributed by atoms with Crippen LogP contribution in [0.5, 0.6) is 0 Å². The number of carboxylic acid groups (broad SMARTS) is 1. The third-order valence-electron chi connectivity index (χ3n) is 5.52. The van der Waals surface area contributed by atoms with Crippen molar-refractivity contribution in [3.05, 3.63) is 0 Å². The number of aliphatic carboxylic acids is 1. The van der Waals surface area contributed by atoms with E-state index in [1.54, 1.807) is 0 Å². The molecule has 15 nitrogen and oxygen atoms in total. The van der Waals surface area contributed by atoms with Gasteiger partial charge in [-0.25, -0.2) is 4.79 Å². The van der Waals surface area contributed by atoms with E-state index in [-0.39, 0.29) is 51.2 Å². The van der Waals surface area contributed by atoms with Crippen molar-refractivity contribution in [3.63, 3.8) is 0 Å². The number of carbonyl (C=O) groups excluding carboxylic acids is 4. The van der Waals surface area contributed by atoms with E-state index < -0.39 is 59.9 Å². The SMILES string of the molecule is CC(O)C(N)C(=O)NC(CCCN=C(N)N)C(=O)NC(CCC(N)=O)C(=O)N1CCCC1C(=O)O. The highest BCUT2D eigenvalue weighted by molar-refractivity contribution is 5.94. The number of rotatable bonds is 14. The minimum absolute atomic E-state index is 0.0546. The zero-order valence-corrected chi connectivity index (χ0v) is 19.7. The molecule has 5 unspecified atom stereocenters. The van der Waals surface area contributed by atoms with Crippen LogP contribution in [0.25, 0.3) is 0 Å². The number of nitrogens with zero attached hydrogens (tertiary/aromatic N) is 2. The minimum Gasteiger partial charge on any atom is -0.480 e. The highest BCUT2D eigenvalue weighted by Gasteiger charge is 2.38. The van der Waals surface area contributed by atoms with E-state index in [0.29, 0.717) is 6.42 Å². The summed E-state index contributed by atoms with van der Waals surface area (Å²) in [4.78, 5) is 66.3. The molecule has 0 aromatic rings. The molecule has 1 aliphatic heterocycles. The zero-order chi connectivity index (χ0) is 26.7. The molecule has 0 spiro atoms. The molecule has 15 heteroatoms. The summed E-state index contributed by atoms with van der Waals surface area (Å²) in [6.45, 7) is 1.65. The average Bonchev–Trinajstić information content (AvgIpc) is 3.27. The van der Waals surface area contributed by atoms with Gasteiger partial charge >= 0.3 is 5.97 Å². The molecule has 5 atom stereocenters. The molecule has 1 rings (SSSR count). The molecule has 1 saturated heterocycles. The first-order valence-corrected chi connectivity index (χ1v) is 11.3. The topological polar surface area (TPSA) is 270 Å². The van der Waals surface area contributed by atoms with E-state index in [2.05, 4.69) is 15.6 Å². The maximum absolute atomic E-state index is 13.1. The van der Waals surface area contributed by atoms with Crippen LogP contribution in [-0.4, -0.2) is 94.0 Å². The summed E-state index contributed by atoms with van der Waals surface area (Å²) in [5.41, 5.74) is 21.4. The number of amides is 4. The van der Waals surface area contributed by atoms with E-state index in [4.69, 9.17) is 22.9 Å². The number of primary amides is 1. The predicted molar refractivity (Wildman–Crippen MR) is 124 cm³/mol. The van der Waals surface area contributed by atoms with Gasteiger partial charge in [-0.15, -0.1) is 0 Å². The lowest BCUT2D eigenvalue weighted by Crippen LogP contribution is -2.58. The number of nitrogens with one attached hydrogen (secondary N) is 2. The first-order valence-electron chi connectivity index (χ1n) is 11.3. The van der Waals surface area contributed by atoms with Gasteiger partial charge in [0.25, 0.3) is 0 Å². The summed E-state index contributed by atoms with van der Waals surface area (Å²) in [5, 5.41) is 23.9. The smallest absolute Gasteiger partial charge is 0.326 e. The molecule has 1 aliphatic rings. The third kappa shape index (κ3) is 9.74. The second-order valence-electron chi connectivity index (χ2n) is 8.37.